The summed E-state index contributed by atoms with van der Waals surface area (Å²) >= 11 is 0. The number of ether oxygens (including phenoxy) is 8. The van der Waals surface area contributed by atoms with Gasteiger partial charge in [-0.1, -0.05) is 36.4 Å². The van der Waals surface area contributed by atoms with E-state index in [2.05, 4.69) is 0 Å². The van der Waals surface area contributed by atoms with E-state index in [9.17, 15) is 9.59 Å². The van der Waals surface area contributed by atoms with Gasteiger partial charge in [-0.15, -0.1) is 0 Å². The molecule has 0 radical (unpaired) electrons. The van der Waals surface area contributed by atoms with Gasteiger partial charge >= 0.3 is 12.2 Å². The predicted octanol–water partition coefficient (Wildman–Crippen LogP) is 3.14. The second-order valence-electron chi connectivity index (χ2n) is 9.50. The lowest BCUT2D eigenvalue weighted by molar-refractivity contribution is -0.0247. The van der Waals surface area contributed by atoms with Crippen LogP contribution in [0.5, 0.6) is 0 Å². The van der Waals surface area contributed by atoms with E-state index in [0.717, 1.165) is 11.4 Å². The van der Waals surface area contributed by atoms with Crippen LogP contribution >= 0.6 is 0 Å². The van der Waals surface area contributed by atoms with Gasteiger partial charge in [0.1, 0.15) is 12.2 Å². The molecule has 2 aliphatic rings. The third-order valence-electron chi connectivity index (χ3n) is 6.35. The fourth-order valence-corrected chi connectivity index (χ4v) is 4.28. The monoisotopic (exact) mass is 588 g/mol. The largest absolute Gasteiger partial charge is 0.441 e. The van der Waals surface area contributed by atoms with Crippen LogP contribution in [0.4, 0.5) is 21.0 Å². The van der Waals surface area contributed by atoms with Gasteiger partial charge in [0.05, 0.1) is 92.4 Å². The summed E-state index contributed by atoms with van der Waals surface area (Å²) in [7, 11) is 0. The minimum absolute atomic E-state index is 0.295. The fourth-order valence-electron chi connectivity index (χ4n) is 4.28. The molecule has 0 aliphatic carbocycles. The number of carbonyl (C=O) groups excluding carboxylic acids is 2. The number of nitrogens with zero attached hydrogens (tertiary/aromatic N) is 2. The molecule has 4 rings (SSSR count). The van der Waals surface area contributed by atoms with E-state index in [4.69, 9.17) is 37.9 Å². The molecule has 0 spiro atoms. The number of benzene rings is 2. The van der Waals surface area contributed by atoms with Crippen LogP contribution in [0, 0.1) is 0 Å². The molecule has 0 bridgehead atoms. The van der Waals surface area contributed by atoms with Crippen molar-refractivity contribution in [1.29, 1.82) is 0 Å². The van der Waals surface area contributed by atoms with Gasteiger partial charge in [-0.05, 0) is 24.3 Å². The molecular formula is C30H40N2O10. The van der Waals surface area contributed by atoms with Crippen LogP contribution in [0.25, 0.3) is 0 Å². The molecule has 2 amide bonds. The smallest absolute Gasteiger partial charge is 0.414 e. The molecule has 2 aromatic carbocycles. The fraction of sp³-hybridized carbons (Fsp3) is 0.533. The van der Waals surface area contributed by atoms with Crippen LogP contribution in [0.3, 0.4) is 0 Å². The Labute approximate surface area is 246 Å². The molecular weight excluding hydrogens is 548 g/mol. The van der Waals surface area contributed by atoms with Gasteiger partial charge in [0, 0.05) is 11.4 Å². The van der Waals surface area contributed by atoms with Crippen molar-refractivity contribution in [2.75, 3.05) is 102 Å². The van der Waals surface area contributed by atoms with Gasteiger partial charge in [0.2, 0.25) is 0 Å². The highest BCUT2D eigenvalue weighted by Gasteiger charge is 2.33. The third kappa shape index (κ3) is 10.9. The van der Waals surface area contributed by atoms with Crippen LogP contribution in [-0.2, 0) is 37.9 Å². The Morgan fingerprint density at radius 3 is 1.14 bits per heavy atom. The van der Waals surface area contributed by atoms with Crippen LogP contribution in [0.1, 0.15) is 0 Å². The van der Waals surface area contributed by atoms with Crippen molar-refractivity contribution >= 4 is 23.6 Å². The van der Waals surface area contributed by atoms with E-state index in [1.165, 1.54) is 0 Å². The summed E-state index contributed by atoms with van der Waals surface area (Å²) in [5.41, 5.74) is 1.63. The number of amides is 2. The van der Waals surface area contributed by atoms with E-state index >= 15 is 0 Å². The number of hydrogen-bond donors (Lipinski definition) is 0. The maximum Gasteiger partial charge on any atom is 0.414 e. The third-order valence-corrected chi connectivity index (χ3v) is 6.35. The van der Waals surface area contributed by atoms with Gasteiger partial charge in [-0.2, -0.15) is 0 Å². The van der Waals surface area contributed by atoms with Gasteiger partial charge in [-0.25, -0.2) is 9.59 Å². The normalized spacial score (nSPS) is 18.5. The molecule has 2 unspecified atom stereocenters. The number of hydrogen-bond acceptors (Lipinski definition) is 10. The van der Waals surface area contributed by atoms with Gasteiger partial charge in [0.15, 0.2) is 0 Å². The van der Waals surface area contributed by atoms with Crippen LogP contribution < -0.4 is 9.80 Å². The van der Waals surface area contributed by atoms with Crippen LogP contribution in [-0.4, -0.2) is 117 Å². The van der Waals surface area contributed by atoms with Crippen LogP contribution in [0.15, 0.2) is 60.7 Å². The lowest BCUT2D eigenvalue weighted by Gasteiger charge is -2.12. The van der Waals surface area contributed by atoms with Crippen molar-refractivity contribution in [3.05, 3.63) is 60.7 Å². The summed E-state index contributed by atoms with van der Waals surface area (Å²) in [5.74, 6) is 0. The minimum atomic E-state index is -0.355. The first kappa shape index (κ1) is 31.7. The van der Waals surface area contributed by atoms with Crippen molar-refractivity contribution in [2.24, 2.45) is 0 Å². The van der Waals surface area contributed by atoms with Crippen molar-refractivity contribution in [1.82, 2.24) is 0 Å². The first-order chi connectivity index (χ1) is 20.7. The summed E-state index contributed by atoms with van der Waals surface area (Å²) in [6.45, 7) is 6.04. The highest BCUT2D eigenvalue weighted by Crippen LogP contribution is 2.22. The average Bonchev–Trinajstić information content (AvgIpc) is 3.58. The number of para-hydroxylation sites is 2. The molecule has 12 heteroatoms. The molecule has 0 aromatic heterocycles. The quantitative estimate of drug-likeness (QED) is 0.202. The summed E-state index contributed by atoms with van der Waals surface area (Å²) in [4.78, 5) is 27.3. The Bertz CT molecular complexity index is 961. The Balaban J connectivity index is 0.863. The highest BCUT2D eigenvalue weighted by molar-refractivity contribution is 5.90. The zero-order chi connectivity index (χ0) is 29.2. The van der Waals surface area contributed by atoms with Gasteiger partial charge in [-0.3, -0.25) is 9.80 Å². The van der Waals surface area contributed by atoms with E-state index < -0.39 is 0 Å². The van der Waals surface area contributed by atoms with E-state index in [0.29, 0.717) is 92.4 Å². The SMILES string of the molecule is O=C1OC(COCCOCCOCCOCCOCCOCC2CN(c3ccccc3)C(=O)O2)CN1c1ccccc1. The number of cyclic esters (lactones) is 2. The molecule has 2 aliphatic heterocycles. The summed E-state index contributed by atoms with van der Waals surface area (Å²) in [6, 6.07) is 18.8. The topological polar surface area (TPSA) is 114 Å². The number of rotatable bonds is 21. The Morgan fingerprint density at radius 2 is 0.810 bits per heavy atom. The summed E-state index contributed by atoms with van der Waals surface area (Å²) in [6.07, 6.45) is -1.30. The first-order valence-electron chi connectivity index (χ1n) is 14.2. The Morgan fingerprint density at radius 1 is 0.500 bits per heavy atom. The standard InChI is InChI=1S/C30H40N2O10/c33-29-31(25-7-3-1-4-8-25)21-27(41-29)23-39-19-17-37-15-13-35-11-12-36-14-16-38-18-20-40-24-28-22-32(30(34)42-28)26-9-5-2-6-10-26/h1-10,27-28H,11-24H2. The molecule has 42 heavy (non-hydrogen) atoms. The van der Waals surface area contributed by atoms with Crippen molar-refractivity contribution in [3.8, 4) is 0 Å². The summed E-state index contributed by atoms with van der Waals surface area (Å²) < 4.78 is 43.8. The number of anilines is 2. The van der Waals surface area contributed by atoms with E-state index in [1.54, 1.807) is 9.80 Å². The Hall–Kier alpha value is -3.26. The zero-order valence-corrected chi connectivity index (χ0v) is 23.8. The van der Waals surface area contributed by atoms with Gasteiger partial charge in [0.25, 0.3) is 0 Å². The Kier molecular flexibility index (Phi) is 13.8. The minimum Gasteiger partial charge on any atom is -0.441 e. The second kappa shape index (κ2) is 18.3. The molecule has 0 saturated carbocycles. The predicted molar refractivity (Wildman–Crippen MR) is 153 cm³/mol. The highest BCUT2D eigenvalue weighted by atomic mass is 16.6. The molecule has 12 nitrogen and oxygen atoms in total. The van der Waals surface area contributed by atoms with Crippen LogP contribution in [0.2, 0.25) is 0 Å². The molecule has 2 atom stereocenters. The van der Waals surface area contributed by atoms with Gasteiger partial charge < -0.3 is 37.9 Å². The van der Waals surface area contributed by atoms with Crippen molar-refractivity contribution in [3.63, 3.8) is 0 Å². The van der Waals surface area contributed by atoms with Crippen molar-refractivity contribution < 1.29 is 47.5 Å². The molecule has 2 fully saturated rings. The summed E-state index contributed by atoms with van der Waals surface area (Å²) in [5, 5.41) is 0. The molecule has 2 heterocycles. The average molecular weight is 589 g/mol. The first-order valence-corrected chi connectivity index (χ1v) is 14.2. The molecule has 2 saturated heterocycles. The maximum atomic E-state index is 12.0. The maximum absolute atomic E-state index is 12.0. The zero-order valence-electron chi connectivity index (χ0n) is 23.8. The molecule has 0 N–H and O–H groups in total. The van der Waals surface area contributed by atoms with Crippen molar-refractivity contribution in [2.45, 2.75) is 12.2 Å². The number of carbonyl (C=O) groups is 2. The molecule has 230 valence electrons. The lowest BCUT2D eigenvalue weighted by Crippen LogP contribution is -2.26. The second-order valence-corrected chi connectivity index (χ2v) is 9.50. The van der Waals surface area contributed by atoms with E-state index in [1.807, 2.05) is 60.7 Å². The lowest BCUT2D eigenvalue weighted by atomic mass is 10.3. The molecule has 2 aromatic rings. The van der Waals surface area contributed by atoms with E-state index in [-0.39, 0.29) is 24.4 Å².